The molecule has 4 rings (SSSR count). The number of fused-ring (bicyclic) bond motifs is 1. The summed E-state index contributed by atoms with van der Waals surface area (Å²) in [6, 6.07) is 6.42. The quantitative estimate of drug-likeness (QED) is 0.729. The molecule has 3 N–H and O–H groups in total. The van der Waals surface area contributed by atoms with E-state index in [0.717, 1.165) is 19.3 Å². The van der Waals surface area contributed by atoms with Crippen LogP contribution >= 0.6 is 0 Å². The topological polar surface area (TPSA) is 105 Å². The minimum absolute atomic E-state index is 0.0353. The van der Waals surface area contributed by atoms with Gasteiger partial charge in [-0.25, -0.2) is 9.97 Å². The number of likely N-dealkylation sites (tertiary alicyclic amines) is 1. The number of carbonyl (C=O) groups excluding carboxylic acids is 2. The first-order valence-corrected chi connectivity index (χ1v) is 9.59. The summed E-state index contributed by atoms with van der Waals surface area (Å²) in [4.78, 5) is 37.5. The van der Waals surface area contributed by atoms with Gasteiger partial charge in [0.1, 0.15) is 0 Å². The Morgan fingerprint density at radius 1 is 1.18 bits per heavy atom. The van der Waals surface area contributed by atoms with Gasteiger partial charge in [0.05, 0.1) is 0 Å². The molecule has 1 aliphatic rings. The Kier molecular flexibility index (Phi) is 4.81. The monoisotopic (exact) mass is 377 g/mol. The second kappa shape index (κ2) is 7.42. The average Bonchev–Trinajstić information content (AvgIpc) is 3.17. The van der Waals surface area contributed by atoms with Gasteiger partial charge in [-0.1, -0.05) is 25.1 Å². The number of hydrogen-bond acceptors (Lipinski definition) is 4. The summed E-state index contributed by atoms with van der Waals surface area (Å²) >= 11 is 0. The van der Waals surface area contributed by atoms with E-state index in [4.69, 9.17) is 5.73 Å². The lowest BCUT2D eigenvalue weighted by Gasteiger charge is -2.32. The number of benzene rings is 1. The van der Waals surface area contributed by atoms with Crippen molar-refractivity contribution >= 4 is 22.7 Å². The fourth-order valence-corrected chi connectivity index (χ4v) is 4.09. The van der Waals surface area contributed by atoms with Crippen LogP contribution in [0.4, 0.5) is 0 Å². The number of H-pyrrole nitrogens is 1. The molecule has 0 saturated carbocycles. The maximum absolute atomic E-state index is 12.8. The van der Waals surface area contributed by atoms with Gasteiger partial charge in [-0.15, -0.1) is 0 Å². The summed E-state index contributed by atoms with van der Waals surface area (Å²) in [5.41, 5.74) is 9.14. The molecule has 0 bridgehead atoms. The van der Waals surface area contributed by atoms with Crippen LogP contribution in [0.2, 0.25) is 0 Å². The third-order valence-electron chi connectivity index (χ3n) is 5.57. The van der Waals surface area contributed by atoms with Gasteiger partial charge in [0.25, 0.3) is 11.8 Å². The standard InChI is InChI=1S/C21H23N5O2/c1-2-13-4-3-5-15-16(12-25-17(13)15)14-6-10-26(11-7-14)21(28)19-18(20(22)27)23-8-9-24-19/h3-5,8-9,12,14,25H,2,6-7,10-11H2,1H3,(H2,22,27). The van der Waals surface area contributed by atoms with Crippen LogP contribution in [0.1, 0.15) is 57.8 Å². The fourth-order valence-electron chi connectivity index (χ4n) is 4.09. The van der Waals surface area contributed by atoms with Gasteiger partial charge in [-0.3, -0.25) is 9.59 Å². The van der Waals surface area contributed by atoms with Crippen molar-refractivity contribution < 1.29 is 9.59 Å². The van der Waals surface area contributed by atoms with Crippen molar-refractivity contribution in [2.75, 3.05) is 13.1 Å². The van der Waals surface area contributed by atoms with Crippen LogP contribution in [0.3, 0.4) is 0 Å². The molecule has 2 amide bonds. The highest BCUT2D eigenvalue weighted by atomic mass is 16.2. The van der Waals surface area contributed by atoms with Gasteiger partial charge in [0.15, 0.2) is 11.4 Å². The number of piperidine rings is 1. The summed E-state index contributed by atoms with van der Waals surface area (Å²) in [7, 11) is 0. The van der Waals surface area contributed by atoms with Crippen molar-refractivity contribution in [1.29, 1.82) is 0 Å². The van der Waals surface area contributed by atoms with E-state index in [1.165, 1.54) is 34.4 Å². The van der Waals surface area contributed by atoms with E-state index >= 15 is 0 Å². The molecule has 1 aliphatic heterocycles. The van der Waals surface area contributed by atoms with E-state index in [-0.39, 0.29) is 17.3 Å². The summed E-state index contributed by atoms with van der Waals surface area (Å²) in [6.07, 6.45) is 7.60. The van der Waals surface area contributed by atoms with E-state index in [1.54, 1.807) is 4.90 Å². The second-order valence-corrected chi connectivity index (χ2v) is 7.12. The zero-order valence-corrected chi connectivity index (χ0v) is 15.8. The number of aromatic nitrogens is 3. The molecule has 3 aromatic rings. The Morgan fingerprint density at radius 3 is 2.57 bits per heavy atom. The molecule has 28 heavy (non-hydrogen) atoms. The average molecular weight is 377 g/mol. The van der Waals surface area contributed by atoms with Crippen molar-refractivity contribution in [2.24, 2.45) is 5.73 Å². The number of nitrogens with one attached hydrogen (secondary N) is 1. The van der Waals surface area contributed by atoms with E-state index in [2.05, 4.69) is 46.3 Å². The molecule has 144 valence electrons. The number of aromatic amines is 1. The third-order valence-corrected chi connectivity index (χ3v) is 5.57. The van der Waals surface area contributed by atoms with E-state index in [9.17, 15) is 9.59 Å². The number of nitrogens with two attached hydrogens (primary N) is 1. The molecule has 0 unspecified atom stereocenters. The van der Waals surface area contributed by atoms with Gasteiger partial charge in [-0.05, 0) is 36.3 Å². The van der Waals surface area contributed by atoms with Gasteiger partial charge >= 0.3 is 0 Å². The van der Waals surface area contributed by atoms with Crippen LogP contribution in [0.15, 0.2) is 36.8 Å². The predicted octanol–water partition coefficient (Wildman–Crippen LogP) is 2.64. The van der Waals surface area contributed by atoms with Gasteiger partial charge in [-0.2, -0.15) is 0 Å². The Labute approximate surface area is 163 Å². The molecule has 0 radical (unpaired) electrons. The molecule has 1 aromatic carbocycles. The Bertz CT molecular complexity index is 1030. The highest BCUT2D eigenvalue weighted by Gasteiger charge is 2.29. The summed E-state index contributed by atoms with van der Waals surface area (Å²) in [5, 5.41) is 1.27. The third kappa shape index (κ3) is 3.13. The number of aryl methyl sites for hydroxylation is 1. The van der Waals surface area contributed by atoms with Crippen LogP contribution in [-0.4, -0.2) is 44.8 Å². The largest absolute Gasteiger partial charge is 0.364 e. The predicted molar refractivity (Wildman–Crippen MR) is 106 cm³/mol. The lowest BCUT2D eigenvalue weighted by Crippen LogP contribution is -2.39. The normalized spacial score (nSPS) is 15.1. The Hall–Kier alpha value is -3.22. The maximum atomic E-state index is 12.8. The van der Waals surface area contributed by atoms with Gasteiger partial charge in [0.2, 0.25) is 0 Å². The van der Waals surface area contributed by atoms with Crippen LogP contribution in [0, 0.1) is 0 Å². The second-order valence-electron chi connectivity index (χ2n) is 7.12. The minimum Gasteiger partial charge on any atom is -0.364 e. The maximum Gasteiger partial charge on any atom is 0.274 e. The summed E-state index contributed by atoms with van der Waals surface area (Å²) in [6.45, 7) is 3.38. The molecule has 7 heteroatoms. The number of nitrogens with zero attached hydrogens (tertiary/aromatic N) is 3. The van der Waals surface area contributed by atoms with Crippen LogP contribution in [-0.2, 0) is 6.42 Å². The molecule has 1 fully saturated rings. The van der Waals surface area contributed by atoms with Gasteiger partial charge < -0.3 is 15.6 Å². The number of rotatable bonds is 4. The molecule has 1 saturated heterocycles. The lowest BCUT2D eigenvalue weighted by atomic mass is 9.88. The Balaban J connectivity index is 1.51. The smallest absolute Gasteiger partial charge is 0.274 e. The zero-order valence-electron chi connectivity index (χ0n) is 15.8. The first-order chi connectivity index (χ1) is 13.6. The van der Waals surface area contributed by atoms with E-state index < -0.39 is 5.91 Å². The van der Waals surface area contributed by atoms with Gasteiger partial charge in [0, 0.05) is 42.6 Å². The lowest BCUT2D eigenvalue weighted by molar-refractivity contribution is 0.0701. The molecule has 0 aliphatic carbocycles. The minimum atomic E-state index is -0.739. The first-order valence-electron chi connectivity index (χ1n) is 9.59. The number of para-hydroxylation sites is 1. The first kappa shape index (κ1) is 18.2. The van der Waals surface area contributed by atoms with Crippen molar-refractivity contribution in [3.63, 3.8) is 0 Å². The van der Waals surface area contributed by atoms with E-state index in [1.807, 2.05) is 0 Å². The SMILES string of the molecule is CCc1cccc2c(C3CCN(C(=O)c4nccnc4C(N)=O)CC3)c[nH]c12. The molecule has 7 nitrogen and oxygen atoms in total. The highest BCUT2D eigenvalue weighted by molar-refractivity contribution is 6.04. The van der Waals surface area contributed by atoms with Crippen LogP contribution in [0.25, 0.3) is 10.9 Å². The fraction of sp³-hybridized carbons (Fsp3) is 0.333. The molecule has 0 spiro atoms. The van der Waals surface area contributed by atoms with Crippen molar-refractivity contribution in [3.05, 3.63) is 59.3 Å². The van der Waals surface area contributed by atoms with E-state index in [0.29, 0.717) is 19.0 Å². The van der Waals surface area contributed by atoms with Crippen molar-refractivity contribution in [3.8, 4) is 0 Å². The molecular formula is C21H23N5O2. The number of carbonyl (C=O) groups is 2. The number of hydrogen-bond donors (Lipinski definition) is 2. The molecule has 0 atom stereocenters. The molecular weight excluding hydrogens is 354 g/mol. The number of amides is 2. The summed E-state index contributed by atoms with van der Waals surface area (Å²) in [5.74, 6) is -0.633. The van der Waals surface area contributed by atoms with Crippen molar-refractivity contribution in [2.45, 2.75) is 32.1 Å². The Morgan fingerprint density at radius 2 is 1.89 bits per heavy atom. The van der Waals surface area contributed by atoms with Crippen molar-refractivity contribution in [1.82, 2.24) is 19.9 Å². The highest BCUT2D eigenvalue weighted by Crippen LogP contribution is 2.34. The molecule has 3 heterocycles. The van der Waals surface area contributed by atoms with Crippen LogP contribution in [0.5, 0.6) is 0 Å². The zero-order chi connectivity index (χ0) is 19.7. The summed E-state index contributed by atoms with van der Waals surface area (Å²) < 4.78 is 0. The number of primary amides is 1. The molecule has 2 aromatic heterocycles. The van der Waals surface area contributed by atoms with Crippen LogP contribution < -0.4 is 5.73 Å².